The number of halogens is 5. The number of Topliss-reactive ketones (excluding diaryl/α,β-unsaturated/α-hetero) is 1. The largest absolute Gasteiger partial charge is 0.478 e. The molecule has 3 rings (SSSR count). The highest BCUT2D eigenvalue weighted by Gasteiger charge is 2.32. The third-order valence-corrected chi connectivity index (χ3v) is 6.38. The molecule has 0 aliphatic rings. The molecule has 1 N–H and O–H groups in total. The quantitative estimate of drug-likeness (QED) is 0.276. The number of ether oxygens (including phenoxy) is 1. The number of aliphatic carboxylic acids is 1. The second-order valence-electron chi connectivity index (χ2n) is 8.20. The van der Waals surface area contributed by atoms with Crippen LogP contribution < -0.4 is 4.74 Å². The highest BCUT2D eigenvalue weighted by atomic mass is 32.1. The number of thiazole rings is 1. The lowest BCUT2D eigenvalue weighted by Crippen LogP contribution is -2.38. The molecular weight excluding hydrogens is 493 g/mol. The van der Waals surface area contributed by atoms with Crippen LogP contribution in [0.5, 0.6) is 5.75 Å². The minimum atomic E-state index is -4.47. The van der Waals surface area contributed by atoms with Crippen LogP contribution in [0.3, 0.4) is 0 Å². The van der Waals surface area contributed by atoms with Crippen LogP contribution in [0.15, 0.2) is 36.4 Å². The number of aromatic nitrogens is 1. The Hall–Kier alpha value is -3.34. The predicted molar refractivity (Wildman–Crippen MR) is 119 cm³/mol. The van der Waals surface area contributed by atoms with Gasteiger partial charge < -0.3 is 9.84 Å². The fourth-order valence-electron chi connectivity index (χ4n) is 3.10. The molecule has 3 aromatic rings. The van der Waals surface area contributed by atoms with Crippen LogP contribution in [-0.4, -0.2) is 27.4 Å². The lowest BCUT2D eigenvalue weighted by Gasteiger charge is -2.22. The standard InChI is InChI=1S/C24H20F5NO4S/c1-12-20(35-21(30-12)14-4-8-15(9-5-14)24(27,28)29)16(31)10-6-13-7-11-17(19(26)18(13)25)34-23(2,3)22(32)33/h4-5,7-9,11H,6,10H2,1-3H3,(H,32,33). The topological polar surface area (TPSA) is 76.5 Å². The van der Waals surface area contributed by atoms with Crippen LogP contribution in [0, 0.1) is 18.6 Å². The van der Waals surface area contributed by atoms with Gasteiger partial charge in [0, 0.05) is 12.0 Å². The van der Waals surface area contributed by atoms with Crippen molar-refractivity contribution >= 4 is 23.1 Å². The SMILES string of the molecule is Cc1nc(-c2ccc(C(F)(F)F)cc2)sc1C(=O)CCc1ccc(OC(C)(C)C(=O)O)c(F)c1F. The Morgan fingerprint density at radius 1 is 1.03 bits per heavy atom. The number of ketones is 1. The van der Waals surface area contributed by atoms with Gasteiger partial charge in [0.15, 0.2) is 23.0 Å². The van der Waals surface area contributed by atoms with E-state index < -0.39 is 40.7 Å². The first kappa shape index (κ1) is 26.3. The van der Waals surface area contributed by atoms with E-state index >= 15 is 0 Å². The van der Waals surface area contributed by atoms with Crippen LogP contribution in [0.2, 0.25) is 0 Å². The van der Waals surface area contributed by atoms with Gasteiger partial charge in [-0.3, -0.25) is 4.79 Å². The Morgan fingerprint density at radius 2 is 1.66 bits per heavy atom. The zero-order valence-corrected chi connectivity index (χ0v) is 19.6. The number of rotatable bonds is 8. The van der Waals surface area contributed by atoms with Crippen LogP contribution in [0.25, 0.3) is 10.6 Å². The average molecular weight is 513 g/mol. The maximum absolute atomic E-state index is 14.5. The van der Waals surface area contributed by atoms with Gasteiger partial charge in [-0.1, -0.05) is 18.2 Å². The Labute approximate surface area is 201 Å². The Kier molecular flexibility index (Phi) is 7.30. The molecule has 0 bridgehead atoms. The van der Waals surface area contributed by atoms with Crippen LogP contribution in [-0.2, 0) is 17.4 Å². The number of hydrogen-bond donors (Lipinski definition) is 1. The molecule has 186 valence electrons. The molecule has 1 aromatic heterocycles. The van der Waals surface area contributed by atoms with E-state index in [1.807, 2.05) is 0 Å². The molecule has 0 radical (unpaired) electrons. The van der Waals surface area contributed by atoms with Gasteiger partial charge in [0.25, 0.3) is 0 Å². The van der Waals surface area contributed by atoms with Crippen molar-refractivity contribution in [2.75, 3.05) is 0 Å². The number of carboxylic acids is 1. The minimum absolute atomic E-state index is 0.0959. The van der Waals surface area contributed by atoms with Crippen molar-refractivity contribution < 1.29 is 41.4 Å². The average Bonchev–Trinajstić information content (AvgIpc) is 3.17. The minimum Gasteiger partial charge on any atom is -0.478 e. The summed E-state index contributed by atoms with van der Waals surface area (Å²) in [7, 11) is 0. The van der Waals surface area contributed by atoms with E-state index in [2.05, 4.69) is 4.98 Å². The molecule has 0 unspecified atom stereocenters. The van der Waals surface area contributed by atoms with E-state index in [1.54, 1.807) is 6.92 Å². The molecule has 0 aliphatic heterocycles. The van der Waals surface area contributed by atoms with Crippen LogP contribution in [0.4, 0.5) is 22.0 Å². The first-order chi connectivity index (χ1) is 16.2. The van der Waals surface area contributed by atoms with Crippen molar-refractivity contribution in [1.29, 1.82) is 0 Å². The van der Waals surface area contributed by atoms with Crippen molar-refractivity contribution in [2.45, 2.75) is 45.4 Å². The van der Waals surface area contributed by atoms with E-state index in [9.17, 15) is 31.5 Å². The predicted octanol–water partition coefficient (Wildman–Crippen LogP) is 6.47. The Balaban J connectivity index is 1.73. The van der Waals surface area contributed by atoms with E-state index in [4.69, 9.17) is 9.84 Å². The molecule has 0 fully saturated rings. The third-order valence-electron chi connectivity index (χ3n) is 5.14. The fraction of sp³-hybridized carbons (Fsp3) is 0.292. The van der Waals surface area contributed by atoms with E-state index in [0.717, 1.165) is 29.5 Å². The number of carboxylic acid groups (broad SMARTS) is 1. The monoisotopic (exact) mass is 513 g/mol. The first-order valence-corrected chi connectivity index (χ1v) is 11.1. The highest BCUT2D eigenvalue weighted by Crippen LogP contribution is 2.34. The molecule has 0 amide bonds. The van der Waals surface area contributed by atoms with E-state index in [-0.39, 0.29) is 29.1 Å². The first-order valence-electron chi connectivity index (χ1n) is 10.3. The zero-order valence-electron chi connectivity index (χ0n) is 18.8. The van der Waals surface area contributed by atoms with Crippen molar-refractivity contribution in [3.05, 3.63) is 69.7 Å². The molecule has 1 heterocycles. The Bertz CT molecular complexity index is 1270. The molecule has 5 nitrogen and oxygen atoms in total. The second-order valence-corrected chi connectivity index (χ2v) is 9.20. The summed E-state index contributed by atoms with van der Waals surface area (Å²) in [6, 6.07) is 6.70. The number of nitrogens with zero attached hydrogens (tertiary/aromatic N) is 1. The van der Waals surface area contributed by atoms with E-state index in [1.165, 1.54) is 32.0 Å². The zero-order chi connectivity index (χ0) is 26.1. The summed E-state index contributed by atoms with van der Waals surface area (Å²) < 4.78 is 72.3. The van der Waals surface area contributed by atoms with Gasteiger partial charge in [0.05, 0.1) is 16.1 Å². The van der Waals surface area contributed by atoms with Gasteiger partial charge in [0.1, 0.15) is 5.01 Å². The molecule has 11 heteroatoms. The van der Waals surface area contributed by atoms with Crippen LogP contribution >= 0.6 is 11.3 Å². The van der Waals surface area contributed by atoms with Gasteiger partial charge in [0.2, 0.25) is 5.82 Å². The number of alkyl halides is 3. The number of carbonyl (C=O) groups is 2. The van der Waals surface area contributed by atoms with Gasteiger partial charge in [-0.25, -0.2) is 14.2 Å². The lowest BCUT2D eigenvalue weighted by atomic mass is 10.0. The molecule has 0 spiro atoms. The van der Waals surface area contributed by atoms with Crippen molar-refractivity contribution in [2.24, 2.45) is 0 Å². The van der Waals surface area contributed by atoms with Gasteiger partial charge in [-0.15, -0.1) is 11.3 Å². The molecule has 0 atom stereocenters. The van der Waals surface area contributed by atoms with Crippen LogP contribution in [0.1, 0.15) is 46.8 Å². The lowest BCUT2D eigenvalue weighted by molar-refractivity contribution is -0.152. The number of hydrogen-bond acceptors (Lipinski definition) is 5. The van der Waals surface area contributed by atoms with E-state index in [0.29, 0.717) is 16.3 Å². The fourth-order valence-corrected chi connectivity index (χ4v) is 4.14. The Morgan fingerprint density at radius 3 is 2.23 bits per heavy atom. The van der Waals surface area contributed by atoms with Gasteiger partial charge in [-0.2, -0.15) is 17.6 Å². The number of aryl methyl sites for hydroxylation is 2. The molecular formula is C24H20F5NO4S. The maximum atomic E-state index is 14.5. The summed E-state index contributed by atoms with van der Waals surface area (Å²) in [5.74, 6) is -4.91. The summed E-state index contributed by atoms with van der Waals surface area (Å²) in [5, 5.41) is 9.44. The van der Waals surface area contributed by atoms with Crippen molar-refractivity contribution in [3.8, 4) is 16.3 Å². The second kappa shape index (κ2) is 9.73. The summed E-state index contributed by atoms with van der Waals surface area (Å²) in [4.78, 5) is 28.4. The number of benzene rings is 2. The van der Waals surface area contributed by atoms with Crippen molar-refractivity contribution in [1.82, 2.24) is 4.98 Å². The third kappa shape index (κ3) is 5.84. The number of carbonyl (C=O) groups excluding carboxylic acids is 1. The molecule has 0 aliphatic carbocycles. The molecule has 0 saturated heterocycles. The molecule has 0 saturated carbocycles. The summed E-state index contributed by atoms with van der Waals surface area (Å²) >= 11 is 1.00. The molecule has 2 aromatic carbocycles. The highest BCUT2D eigenvalue weighted by molar-refractivity contribution is 7.17. The molecule has 35 heavy (non-hydrogen) atoms. The summed E-state index contributed by atoms with van der Waals surface area (Å²) in [6.45, 7) is 3.96. The van der Waals surface area contributed by atoms with Crippen molar-refractivity contribution in [3.63, 3.8) is 0 Å². The maximum Gasteiger partial charge on any atom is 0.416 e. The van der Waals surface area contributed by atoms with Gasteiger partial charge in [-0.05, 0) is 51.0 Å². The summed E-state index contributed by atoms with van der Waals surface area (Å²) in [6.07, 6.45) is -4.78. The smallest absolute Gasteiger partial charge is 0.416 e. The summed E-state index contributed by atoms with van der Waals surface area (Å²) in [5.41, 5.74) is -1.89. The van der Waals surface area contributed by atoms with Gasteiger partial charge >= 0.3 is 12.1 Å². The normalized spacial score (nSPS) is 12.0.